The van der Waals surface area contributed by atoms with Gasteiger partial charge in [-0.3, -0.25) is 0 Å². The molecule has 0 amide bonds. The Morgan fingerprint density at radius 3 is 0.429 bits per heavy atom. The molecule has 0 spiro atoms. The fraction of sp³-hybridized carbons (Fsp3) is 1.00. The van der Waals surface area contributed by atoms with Crippen LogP contribution in [0.15, 0.2) is 0 Å². The first kappa shape index (κ1) is 33.1. The molecule has 0 aliphatic rings. The zero-order valence-electron chi connectivity index (χ0n) is 15.9. The maximum absolute atomic E-state index is 3.97. The molecule has 0 fully saturated rings. The molecule has 133 valence electrons. The van der Waals surface area contributed by atoms with Crippen molar-refractivity contribution in [1.29, 1.82) is 0 Å². The molecule has 0 N–H and O–H groups in total. The molecule has 0 saturated carbocycles. The van der Waals surface area contributed by atoms with Crippen molar-refractivity contribution in [1.82, 2.24) is 0 Å². The van der Waals surface area contributed by atoms with Gasteiger partial charge in [0.05, 0.1) is 0 Å². The van der Waals surface area contributed by atoms with E-state index in [9.17, 15) is 0 Å². The van der Waals surface area contributed by atoms with Gasteiger partial charge in [-0.05, 0) is 0 Å². The largest absolute Gasteiger partial charge is 0.663 e. The summed E-state index contributed by atoms with van der Waals surface area (Å²) in [6.07, 6.45) is 0. The van der Waals surface area contributed by atoms with Crippen molar-refractivity contribution in [2.24, 2.45) is 0 Å². The Morgan fingerprint density at radius 1 is 0.333 bits per heavy atom. The van der Waals surface area contributed by atoms with Crippen LogP contribution in [-0.2, 0) is 18.6 Å². The number of hydrogen-bond donors (Lipinski definition) is 0. The second kappa shape index (κ2) is 49.9. The van der Waals surface area contributed by atoms with Gasteiger partial charge in [0.15, 0.2) is 0 Å². The average Bonchev–Trinajstić information content (AvgIpc) is 2.44. The summed E-state index contributed by atoms with van der Waals surface area (Å²) in [7, 11) is 0. The van der Waals surface area contributed by atoms with Gasteiger partial charge in [-0.1, -0.05) is 55.4 Å². The van der Waals surface area contributed by atoms with Gasteiger partial charge in [-0.15, -0.1) is 0 Å². The third-order valence-corrected chi connectivity index (χ3v) is 1.79. The molecule has 0 bridgehead atoms. The van der Waals surface area contributed by atoms with Gasteiger partial charge >= 0.3 is 0 Å². The van der Waals surface area contributed by atoms with E-state index in [-0.39, 0.29) is 18.6 Å². The van der Waals surface area contributed by atoms with Crippen molar-refractivity contribution in [3.8, 4) is 0 Å². The van der Waals surface area contributed by atoms with Gasteiger partial charge in [0.25, 0.3) is 0 Å². The summed E-state index contributed by atoms with van der Waals surface area (Å²) < 4.78 is 0. The maximum atomic E-state index is 3.97. The van der Waals surface area contributed by atoms with E-state index in [1.165, 1.54) is 0 Å². The van der Waals surface area contributed by atoms with Crippen molar-refractivity contribution in [3.05, 3.63) is 21.3 Å². The van der Waals surface area contributed by atoms with Crippen LogP contribution in [0.3, 0.4) is 0 Å². The van der Waals surface area contributed by atoms with Crippen LogP contribution in [0.1, 0.15) is 55.4 Å². The van der Waals surface area contributed by atoms with Gasteiger partial charge in [0.1, 0.15) is 0 Å². The van der Waals surface area contributed by atoms with E-state index in [1.54, 1.807) is 0 Å². The van der Waals surface area contributed by atoms with Crippen molar-refractivity contribution in [3.63, 3.8) is 0 Å². The van der Waals surface area contributed by atoms with Gasteiger partial charge in [0.2, 0.25) is 0 Å². The molecule has 21 heavy (non-hydrogen) atoms. The molecule has 0 atom stereocenters. The molecule has 0 saturated heterocycles. The fourth-order valence-electron chi connectivity index (χ4n) is 0.894. The summed E-state index contributed by atoms with van der Waals surface area (Å²) in [5.74, 6) is 0. The first-order chi connectivity index (χ1) is 9.66. The number of hydrogen-bond acceptors (Lipinski definition) is 0. The molecular formula is C16H40N4V-4. The van der Waals surface area contributed by atoms with Gasteiger partial charge < -0.3 is 21.3 Å². The third kappa shape index (κ3) is 97.7. The minimum absolute atomic E-state index is 0. The van der Waals surface area contributed by atoms with Gasteiger partial charge in [-0.25, -0.2) is 0 Å². The van der Waals surface area contributed by atoms with Crippen LogP contribution in [0.5, 0.6) is 0 Å². The fourth-order valence-corrected chi connectivity index (χ4v) is 0.894. The summed E-state index contributed by atoms with van der Waals surface area (Å²) in [6, 6.07) is 0. The monoisotopic (exact) mass is 339 g/mol. The predicted molar refractivity (Wildman–Crippen MR) is 97.8 cm³/mol. The molecule has 5 heteroatoms. The third-order valence-electron chi connectivity index (χ3n) is 1.79. The molecule has 0 aromatic heterocycles. The zero-order chi connectivity index (χ0) is 16.5. The minimum atomic E-state index is 0. The van der Waals surface area contributed by atoms with E-state index in [0.717, 1.165) is 52.4 Å². The Labute approximate surface area is 147 Å². The topological polar surface area (TPSA) is 56.4 Å². The molecular weight excluding hydrogens is 299 g/mol. The minimum Gasteiger partial charge on any atom is -0.663 e. The van der Waals surface area contributed by atoms with Crippen LogP contribution in [0, 0.1) is 0 Å². The first-order valence-corrected chi connectivity index (χ1v) is 8.19. The van der Waals surface area contributed by atoms with E-state index < -0.39 is 0 Å². The molecule has 4 nitrogen and oxygen atoms in total. The Hall–Kier alpha value is 0.424. The predicted octanol–water partition coefficient (Wildman–Crippen LogP) is 5.60. The standard InChI is InChI=1S/4C4H10N.V/c4*1-3-5-4-2;/h4*3-4H2,1-2H3;/q4*-1;. The molecule has 0 aliphatic heterocycles. The molecule has 0 aliphatic carbocycles. The Bertz CT molecular complexity index is 74.3. The summed E-state index contributed by atoms with van der Waals surface area (Å²) >= 11 is 0. The van der Waals surface area contributed by atoms with E-state index in [2.05, 4.69) is 21.3 Å². The molecule has 0 aromatic rings. The van der Waals surface area contributed by atoms with Gasteiger partial charge in [-0.2, -0.15) is 52.4 Å². The normalized spacial score (nSPS) is 8.00. The van der Waals surface area contributed by atoms with Crippen LogP contribution in [-0.4, -0.2) is 52.4 Å². The van der Waals surface area contributed by atoms with Crippen molar-refractivity contribution >= 4 is 0 Å². The first-order valence-electron chi connectivity index (χ1n) is 8.19. The summed E-state index contributed by atoms with van der Waals surface area (Å²) in [5, 5.41) is 15.9. The summed E-state index contributed by atoms with van der Waals surface area (Å²) in [4.78, 5) is 0. The molecule has 0 unspecified atom stereocenters. The molecule has 0 rings (SSSR count). The van der Waals surface area contributed by atoms with Crippen molar-refractivity contribution in [2.45, 2.75) is 55.4 Å². The van der Waals surface area contributed by atoms with Crippen LogP contribution in [0.4, 0.5) is 0 Å². The zero-order valence-corrected chi connectivity index (χ0v) is 17.3. The second-order valence-corrected chi connectivity index (χ2v) is 3.42. The number of rotatable bonds is 8. The Balaban J connectivity index is -0.0000000533. The van der Waals surface area contributed by atoms with E-state index in [1.807, 2.05) is 55.4 Å². The average molecular weight is 339 g/mol. The second-order valence-electron chi connectivity index (χ2n) is 3.42. The quantitative estimate of drug-likeness (QED) is 0.553. The Morgan fingerprint density at radius 2 is 0.429 bits per heavy atom. The van der Waals surface area contributed by atoms with Crippen LogP contribution in [0.2, 0.25) is 0 Å². The van der Waals surface area contributed by atoms with E-state index >= 15 is 0 Å². The summed E-state index contributed by atoms with van der Waals surface area (Å²) in [6.45, 7) is 24.1. The van der Waals surface area contributed by atoms with Crippen molar-refractivity contribution in [2.75, 3.05) is 52.4 Å². The van der Waals surface area contributed by atoms with Crippen molar-refractivity contribution < 1.29 is 18.6 Å². The van der Waals surface area contributed by atoms with Crippen LogP contribution < -0.4 is 0 Å². The summed E-state index contributed by atoms with van der Waals surface area (Å²) in [5.41, 5.74) is 0. The SMILES string of the molecule is CC[N-]CC.CC[N-]CC.CC[N-]CC.CC[N-]CC.[V]. The smallest absolute Gasteiger partial charge is 0 e. The Kier molecular flexibility index (Phi) is 78.8. The van der Waals surface area contributed by atoms with Crippen LogP contribution >= 0.6 is 0 Å². The van der Waals surface area contributed by atoms with Gasteiger partial charge in [0, 0.05) is 18.6 Å². The molecule has 1 radical (unpaired) electrons. The van der Waals surface area contributed by atoms with Crippen LogP contribution in [0.25, 0.3) is 21.3 Å². The van der Waals surface area contributed by atoms with E-state index in [4.69, 9.17) is 0 Å². The molecule has 0 aromatic carbocycles. The van der Waals surface area contributed by atoms with E-state index in [0.29, 0.717) is 0 Å². The maximum Gasteiger partial charge on any atom is 0 e. The number of nitrogens with zero attached hydrogens (tertiary/aromatic N) is 4. The molecule has 0 heterocycles.